The number of rotatable bonds is 4. The third kappa shape index (κ3) is 3.57. The van der Waals surface area contributed by atoms with Gasteiger partial charge in [-0.3, -0.25) is 9.59 Å². The van der Waals surface area contributed by atoms with Crippen molar-refractivity contribution in [2.24, 2.45) is 0 Å². The van der Waals surface area contributed by atoms with E-state index in [2.05, 4.69) is 20.7 Å². The lowest BCUT2D eigenvalue weighted by Crippen LogP contribution is -2.29. The average molecular weight is 314 g/mol. The van der Waals surface area contributed by atoms with Crippen LogP contribution in [0.25, 0.3) is 0 Å². The second-order valence-electron chi connectivity index (χ2n) is 3.97. The van der Waals surface area contributed by atoms with E-state index in [1.54, 1.807) is 13.1 Å². The van der Waals surface area contributed by atoms with Crippen LogP contribution in [0.2, 0.25) is 0 Å². The number of methoxy groups -OCH3 is 1. The van der Waals surface area contributed by atoms with Gasteiger partial charge >= 0.3 is 5.97 Å². The molecule has 0 atom stereocenters. The Morgan fingerprint density at radius 3 is 2.67 bits per heavy atom. The molecular formula is C13H16BrNO3. The molecule has 0 aliphatic carbocycles. The van der Waals surface area contributed by atoms with E-state index < -0.39 is 0 Å². The van der Waals surface area contributed by atoms with Crippen molar-refractivity contribution in [3.63, 3.8) is 0 Å². The summed E-state index contributed by atoms with van der Waals surface area (Å²) in [5, 5.41) is 0. The first-order chi connectivity index (χ1) is 8.47. The van der Waals surface area contributed by atoms with Crippen molar-refractivity contribution in [1.29, 1.82) is 0 Å². The van der Waals surface area contributed by atoms with Crippen LogP contribution in [0.1, 0.15) is 22.3 Å². The van der Waals surface area contributed by atoms with Crippen LogP contribution in [0.15, 0.2) is 22.7 Å². The highest BCUT2D eigenvalue weighted by Gasteiger charge is 2.16. The topological polar surface area (TPSA) is 46.6 Å². The van der Waals surface area contributed by atoms with Gasteiger partial charge in [0.1, 0.15) is 0 Å². The first-order valence-corrected chi connectivity index (χ1v) is 6.34. The molecule has 18 heavy (non-hydrogen) atoms. The van der Waals surface area contributed by atoms with E-state index in [0.29, 0.717) is 12.1 Å². The van der Waals surface area contributed by atoms with Crippen LogP contribution >= 0.6 is 15.9 Å². The molecule has 0 fully saturated rings. The zero-order chi connectivity index (χ0) is 13.7. The second-order valence-corrected chi connectivity index (χ2v) is 4.82. The largest absolute Gasteiger partial charge is 0.469 e. The molecule has 0 aliphatic heterocycles. The maximum Gasteiger partial charge on any atom is 0.307 e. The van der Waals surface area contributed by atoms with E-state index in [4.69, 9.17) is 0 Å². The van der Waals surface area contributed by atoms with Gasteiger partial charge in [0.05, 0.1) is 13.5 Å². The smallest absolute Gasteiger partial charge is 0.307 e. The lowest BCUT2D eigenvalue weighted by molar-refractivity contribution is -0.140. The molecule has 98 valence electrons. The van der Waals surface area contributed by atoms with Crippen LogP contribution in [-0.2, 0) is 9.53 Å². The summed E-state index contributed by atoms with van der Waals surface area (Å²) in [6, 6.07) is 5.48. The molecule has 0 heterocycles. The number of carbonyl (C=O) groups is 2. The molecule has 1 aromatic rings. The minimum Gasteiger partial charge on any atom is -0.469 e. The molecule has 0 aromatic heterocycles. The van der Waals surface area contributed by atoms with Gasteiger partial charge in [0, 0.05) is 23.6 Å². The van der Waals surface area contributed by atoms with Crippen molar-refractivity contribution < 1.29 is 14.3 Å². The molecule has 1 aromatic carbocycles. The molecule has 4 nitrogen and oxygen atoms in total. The quantitative estimate of drug-likeness (QED) is 0.802. The van der Waals surface area contributed by atoms with Gasteiger partial charge in [-0.25, -0.2) is 0 Å². The number of ether oxygens (including phenoxy) is 1. The van der Waals surface area contributed by atoms with Gasteiger partial charge in [0.25, 0.3) is 5.91 Å². The van der Waals surface area contributed by atoms with Crippen molar-refractivity contribution >= 4 is 27.8 Å². The predicted molar refractivity (Wildman–Crippen MR) is 72.5 cm³/mol. The summed E-state index contributed by atoms with van der Waals surface area (Å²) < 4.78 is 5.44. The molecule has 1 rings (SSSR count). The fourth-order valence-electron chi connectivity index (χ4n) is 1.51. The number of esters is 1. The number of hydrogen-bond acceptors (Lipinski definition) is 3. The number of amides is 1. The third-order valence-corrected chi connectivity index (χ3v) is 3.58. The van der Waals surface area contributed by atoms with Gasteiger partial charge < -0.3 is 9.64 Å². The second kappa shape index (κ2) is 6.54. The molecule has 0 spiro atoms. The Hall–Kier alpha value is -1.36. The first-order valence-electron chi connectivity index (χ1n) is 5.54. The molecule has 0 radical (unpaired) electrons. The highest BCUT2D eigenvalue weighted by atomic mass is 79.9. The Labute approximate surface area is 115 Å². The summed E-state index contributed by atoms with van der Waals surface area (Å²) in [5.41, 5.74) is 1.53. The monoisotopic (exact) mass is 313 g/mol. The highest BCUT2D eigenvalue weighted by Crippen LogP contribution is 2.20. The highest BCUT2D eigenvalue weighted by molar-refractivity contribution is 9.10. The molecule has 0 bridgehead atoms. The number of hydrogen-bond donors (Lipinski definition) is 0. The molecule has 0 unspecified atom stereocenters. The summed E-state index contributed by atoms with van der Waals surface area (Å²) >= 11 is 3.39. The van der Waals surface area contributed by atoms with E-state index in [1.165, 1.54) is 12.0 Å². The molecule has 0 saturated heterocycles. The van der Waals surface area contributed by atoms with E-state index in [1.807, 2.05) is 19.1 Å². The standard InChI is InChI=1S/C13H16BrNO3/c1-9-10(5-4-6-11(9)14)13(17)15(2)8-7-12(16)18-3/h4-6H,7-8H2,1-3H3. The Kier molecular flexibility index (Phi) is 5.34. The Morgan fingerprint density at radius 1 is 1.39 bits per heavy atom. The van der Waals surface area contributed by atoms with E-state index in [0.717, 1.165) is 10.0 Å². The molecular weight excluding hydrogens is 298 g/mol. The maximum atomic E-state index is 12.2. The van der Waals surface area contributed by atoms with Crippen LogP contribution < -0.4 is 0 Å². The van der Waals surface area contributed by atoms with Crippen molar-refractivity contribution in [2.75, 3.05) is 20.7 Å². The number of halogens is 1. The SMILES string of the molecule is COC(=O)CCN(C)C(=O)c1cccc(Br)c1C. The maximum absolute atomic E-state index is 12.2. The zero-order valence-corrected chi connectivity index (χ0v) is 12.3. The Bertz CT molecular complexity index is 460. The average Bonchev–Trinajstić information content (AvgIpc) is 2.37. The van der Waals surface area contributed by atoms with Crippen molar-refractivity contribution in [2.45, 2.75) is 13.3 Å². The normalized spacial score (nSPS) is 10.0. The van der Waals surface area contributed by atoms with Crippen molar-refractivity contribution in [3.05, 3.63) is 33.8 Å². The Balaban J connectivity index is 2.74. The van der Waals surface area contributed by atoms with Gasteiger partial charge in [-0.05, 0) is 24.6 Å². The molecule has 5 heteroatoms. The number of carbonyl (C=O) groups excluding carboxylic acids is 2. The van der Waals surface area contributed by atoms with Crippen LogP contribution in [0, 0.1) is 6.92 Å². The van der Waals surface area contributed by atoms with E-state index in [9.17, 15) is 9.59 Å². The van der Waals surface area contributed by atoms with Crippen LogP contribution in [0.3, 0.4) is 0 Å². The third-order valence-electron chi connectivity index (χ3n) is 2.72. The van der Waals surface area contributed by atoms with Gasteiger partial charge in [-0.2, -0.15) is 0 Å². The van der Waals surface area contributed by atoms with E-state index >= 15 is 0 Å². The lowest BCUT2D eigenvalue weighted by atomic mass is 10.1. The Morgan fingerprint density at radius 2 is 2.06 bits per heavy atom. The minimum atomic E-state index is -0.319. The number of benzene rings is 1. The minimum absolute atomic E-state index is 0.0993. The summed E-state index contributed by atoms with van der Waals surface area (Å²) in [6.07, 6.45) is 0.200. The molecule has 0 N–H and O–H groups in total. The molecule has 0 aliphatic rings. The van der Waals surface area contributed by atoms with Gasteiger partial charge in [-0.1, -0.05) is 22.0 Å². The molecule has 0 saturated carbocycles. The van der Waals surface area contributed by atoms with Crippen LogP contribution in [-0.4, -0.2) is 37.5 Å². The fraction of sp³-hybridized carbons (Fsp3) is 0.385. The van der Waals surface area contributed by atoms with Crippen LogP contribution in [0.5, 0.6) is 0 Å². The predicted octanol–water partition coefficient (Wildman–Crippen LogP) is 2.39. The first kappa shape index (κ1) is 14.7. The van der Waals surface area contributed by atoms with Gasteiger partial charge in [0.15, 0.2) is 0 Å². The van der Waals surface area contributed by atoms with Crippen LogP contribution in [0.4, 0.5) is 0 Å². The molecule has 1 amide bonds. The van der Waals surface area contributed by atoms with Crippen molar-refractivity contribution in [1.82, 2.24) is 4.90 Å². The lowest BCUT2D eigenvalue weighted by Gasteiger charge is -2.18. The number of nitrogens with zero attached hydrogens (tertiary/aromatic N) is 1. The van der Waals surface area contributed by atoms with Gasteiger partial charge in [-0.15, -0.1) is 0 Å². The zero-order valence-electron chi connectivity index (χ0n) is 10.7. The summed E-state index contributed by atoms with van der Waals surface area (Å²) in [5.74, 6) is -0.418. The summed E-state index contributed by atoms with van der Waals surface area (Å²) in [6.45, 7) is 2.23. The summed E-state index contributed by atoms with van der Waals surface area (Å²) in [4.78, 5) is 24.7. The fourth-order valence-corrected chi connectivity index (χ4v) is 1.87. The van der Waals surface area contributed by atoms with Gasteiger partial charge in [0.2, 0.25) is 0 Å². The van der Waals surface area contributed by atoms with E-state index in [-0.39, 0.29) is 18.3 Å². The summed E-state index contributed by atoms with van der Waals surface area (Å²) in [7, 11) is 3.01. The van der Waals surface area contributed by atoms with Crippen molar-refractivity contribution in [3.8, 4) is 0 Å².